The Balaban J connectivity index is 1.58. The molecular weight excluding hydrogens is 460 g/mol. The maximum Gasteiger partial charge on any atom is 0.124 e. The lowest BCUT2D eigenvalue weighted by Gasteiger charge is -2.20. The maximum absolute atomic E-state index is 13.4. The first-order valence-corrected chi connectivity index (χ1v) is 10.6. The van der Waals surface area contributed by atoms with Gasteiger partial charge in [-0.2, -0.15) is 0 Å². The Labute approximate surface area is 194 Å². The average molecular weight is 477 g/mol. The molecule has 0 saturated carbocycles. The van der Waals surface area contributed by atoms with Crippen molar-refractivity contribution >= 4 is 34.8 Å². The zero-order valence-corrected chi connectivity index (χ0v) is 18.4. The summed E-state index contributed by atoms with van der Waals surface area (Å²) >= 11 is 18.6. The van der Waals surface area contributed by atoms with Crippen LogP contribution in [0.5, 0.6) is 0 Å². The Morgan fingerprint density at radius 2 is 1.74 bits per heavy atom. The van der Waals surface area contributed by atoms with Crippen LogP contribution in [0, 0.1) is 5.82 Å². The van der Waals surface area contributed by atoms with Crippen molar-refractivity contribution < 1.29 is 9.13 Å². The van der Waals surface area contributed by atoms with Gasteiger partial charge in [0.25, 0.3) is 0 Å². The Morgan fingerprint density at radius 1 is 0.935 bits per heavy atom. The number of rotatable bonds is 7. The molecule has 4 rings (SSSR count). The summed E-state index contributed by atoms with van der Waals surface area (Å²) in [5.74, 6) is -0.401. The van der Waals surface area contributed by atoms with Gasteiger partial charge in [0.05, 0.1) is 19.3 Å². The van der Waals surface area contributed by atoms with Crippen molar-refractivity contribution in [2.75, 3.05) is 0 Å². The smallest absolute Gasteiger partial charge is 0.124 e. The summed E-state index contributed by atoms with van der Waals surface area (Å²) in [5, 5.41) is 9.79. The van der Waals surface area contributed by atoms with Crippen LogP contribution in [0.2, 0.25) is 15.1 Å². The molecule has 0 aliphatic carbocycles. The van der Waals surface area contributed by atoms with Gasteiger partial charge in [-0.1, -0.05) is 82.5 Å². The molecule has 31 heavy (non-hydrogen) atoms. The topological polar surface area (TPSA) is 39.9 Å². The fourth-order valence-electron chi connectivity index (χ4n) is 3.13. The van der Waals surface area contributed by atoms with E-state index in [1.807, 2.05) is 42.6 Å². The van der Waals surface area contributed by atoms with Gasteiger partial charge in [-0.05, 0) is 29.8 Å². The minimum absolute atomic E-state index is 0.170. The number of hydrogen-bond acceptors (Lipinski definition) is 3. The predicted octanol–water partition coefficient (Wildman–Crippen LogP) is 7.00. The molecule has 0 amide bonds. The molecule has 0 spiro atoms. The number of nitrogens with zero attached hydrogens (tertiary/aromatic N) is 3. The Bertz CT molecular complexity index is 1180. The highest BCUT2D eigenvalue weighted by atomic mass is 35.5. The van der Waals surface area contributed by atoms with Gasteiger partial charge >= 0.3 is 0 Å². The van der Waals surface area contributed by atoms with Gasteiger partial charge in [0.1, 0.15) is 17.6 Å². The molecule has 1 aromatic heterocycles. The Morgan fingerprint density at radius 3 is 2.48 bits per heavy atom. The number of halogens is 4. The molecule has 1 heterocycles. The highest BCUT2D eigenvalue weighted by Gasteiger charge is 2.19. The summed E-state index contributed by atoms with van der Waals surface area (Å²) in [6.07, 6.45) is 1.39. The van der Waals surface area contributed by atoms with Crippen molar-refractivity contribution in [2.45, 2.75) is 19.3 Å². The van der Waals surface area contributed by atoms with E-state index in [-0.39, 0.29) is 6.61 Å². The van der Waals surface area contributed by atoms with Crippen molar-refractivity contribution in [1.82, 2.24) is 15.0 Å². The lowest BCUT2D eigenvalue weighted by Crippen LogP contribution is -2.14. The molecule has 0 aliphatic heterocycles. The van der Waals surface area contributed by atoms with Crippen LogP contribution in [0.15, 0.2) is 72.9 Å². The third-order valence-corrected chi connectivity index (χ3v) is 5.64. The van der Waals surface area contributed by atoms with Crippen molar-refractivity contribution in [2.24, 2.45) is 0 Å². The summed E-state index contributed by atoms with van der Waals surface area (Å²) in [5.41, 5.74) is 3.14. The van der Waals surface area contributed by atoms with E-state index in [1.54, 1.807) is 22.9 Å². The van der Waals surface area contributed by atoms with Gasteiger partial charge in [-0.3, -0.25) is 0 Å². The molecule has 1 atom stereocenters. The van der Waals surface area contributed by atoms with Crippen LogP contribution in [0.3, 0.4) is 0 Å². The van der Waals surface area contributed by atoms with E-state index in [9.17, 15) is 4.39 Å². The second kappa shape index (κ2) is 9.79. The van der Waals surface area contributed by atoms with E-state index in [0.717, 1.165) is 16.8 Å². The van der Waals surface area contributed by atoms with E-state index < -0.39 is 11.9 Å². The molecule has 3 aromatic carbocycles. The van der Waals surface area contributed by atoms with Crippen molar-refractivity contribution in [3.05, 3.63) is 105 Å². The fourth-order valence-corrected chi connectivity index (χ4v) is 3.88. The van der Waals surface area contributed by atoms with Crippen LogP contribution < -0.4 is 0 Å². The quantitative estimate of drug-likeness (QED) is 0.288. The predicted molar refractivity (Wildman–Crippen MR) is 121 cm³/mol. The summed E-state index contributed by atoms with van der Waals surface area (Å²) in [7, 11) is 0. The van der Waals surface area contributed by atoms with Crippen LogP contribution >= 0.6 is 34.8 Å². The number of hydrogen-bond donors (Lipinski definition) is 0. The zero-order valence-electron chi connectivity index (χ0n) is 16.2. The molecule has 158 valence electrons. The Hall–Kier alpha value is -2.44. The molecule has 8 heteroatoms. The first-order chi connectivity index (χ1) is 15.0. The van der Waals surface area contributed by atoms with Gasteiger partial charge in [0.15, 0.2) is 0 Å². The maximum atomic E-state index is 13.4. The highest BCUT2D eigenvalue weighted by Crippen LogP contribution is 2.31. The molecule has 0 saturated heterocycles. The average Bonchev–Trinajstić information content (AvgIpc) is 3.22. The van der Waals surface area contributed by atoms with Crippen LogP contribution in [-0.4, -0.2) is 15.0 Å². The first kappa shape index (κ1) is 21.8. The summed E-state index contributed by atoms with van der Waals surface area (Å²) in [6.45, 7) is 0.531. The number of aromatic nitrogens is 3. The van der Waals surface area contributed by atoms with Crippen LogP contribution in [0.25, 0.3) is 11.3 Å². The molecule has 4 aromatic rings. The minimum atomic E-state index is -0.462. The molecule has 0 N–H and O–H groups in total. The van der Waals surface area contributed by atoms with Crippen molar-refractivity contribution in [1.29, 1.82) is 0 Å². The molecule has 1 unspecified atom stereocenters. The SMILES string of the molecule is Fc1ccc(COC(Cn2cc(-c3ccccc3)nn2)c2ccc(Cl)cc2Cl)c(Cl)c1. The molecule has 0 radical (unpaired) electrons. The monoisotopic (exact) mass is 475 g/mol. The largest absolute Gasteiger partial charge is 0.367 e. The van der Waals surface area contributed by atoms with Crippen LogP contribution in [0.1, 0.15) is 17.2 Å². The minimum Gasteiger partial charge on any atom is -0.367 e. The van der Waals surface area contributed by atoms with Crippen molar-refractivity contribution in [3.63, 3.8) is 0 Å². The van der Waals surface area contributed by atoms with Gasteiger partial charge in [0.2, 0.25) is 0 Å². The van der Waals surface area contributed by atoms with E-state index in [1.165, 1.54) is 12.1 Å². The standard InChI is InChI=1S/C23H17Cl3FN3O/c24-17-7-9-19(21(26)10-17)23(31-14-16-6-8-18(27)11-20(16)25)13-30-12-22(28-29-30)15-4-2-1-3-5-15/h1-12,23H,13-14H2. The summed E-state index contributed by atoms with van der Waals surface area (Å²) in [4.78, 5) is 0. The zero-order chi connectivity index (χ0) is 21.8. The normalized spacial score (nSPS) is 12.1. The van der Waals surface area contributed by atoms with Crippen LogP contribution in [-0.2, 0) is 17.9 Å². The molecule has 4 nitrogen and oxygen atoms in total. The van der Waals surface area contributed by atoms with E-state index in [0.29, 0.717) is 27.2 Å². The van der Waals surface area contributed by atoms with E-state index in [4.69, 9.17) is 39.5 Å². The van der Waals surface area contributed by atoms with Gasteiger partial charge < -0.3 is 4.74 Å². The second-order valence-electron chi connectivity index (χ2n) is 6.89. The second-order valence-corrected chi connectivity index (χ2v) is 8.14. The third kappa shape index (κ3) is 5.43. The molecule has 0 aliphatic rings. The first-order valence-electron chi connectivity index (χ1n) is 9.45. The van der Waals surface area contributed by atoms with Gasteiger partial charge in [-0.15, -0.1) is 5.10 Å². The molecule has 0 fully saturated rings. The fraction of sp³-hybridized carbons (Fsp3) is 0.130. The third-order valence-electron chi connectivity index (χ3n) is 4.73. The van der Waals surface area contributed by atoms with E-state index >= 15 is 0 Å². The highest BCUT2D eigenvalue weighted by molar-refractivity contribution is 6.35. The van der Waals surface area contributed by atoms with Crippen molar-refractivity contribution in [3.8, 4) is 11.3 Å². The molecular formula is C23H17Cl3FN3O. The van der Waals surface area contributed by atoms with Gasteiger partial charge in [-0.25, -0.2) is 9.07 Å². The van der Waals surface area contributed by atoms with Gasteiger partial charge in [0, 0.05) is 26.2 Å². The summed E-state index contributed by atoms with van der Waals surface area (Å²) < 4.78 is 21.2. The van der Waals surface area contributed by atoms with Crippen LogP contribution in [0.4, 0.5) is 4.39 Å². The number of benzene rings is 3. The lowest BCUT2D eigenvalue weighted by molar-refractivity contribution is 0.0254. The Kier molecular flexibility index (Phi) is 6.88. The number of ether oxygens (including phenoxy) is 1. The lowest BCUT2D eigenvalue weighted by atomic mass is 10.1. The molecule has 0 bridgehead atoms. The van der Waals surface area contributed by atoms with E-state index in [2.05, 4.69) is 10.3 Å². The summed E-state index contributed by atoms with van der Waals surface area (Å²) in [6, 6.07) is 19.2.